The third kappa shape index (κ3) is 6.63. The molecule has 2 aromatic rings. The van der Waals surface area contributed by atoms with Gasteiger partial charge in [-0.15, -0.1) is 5.10 Å². The van der Waals surface area contributed by atoms with E-state index in [4.69, 9.17) is 4.74 Å². The van der Waals surface area contributed by atoms with E-state index in [1.807, 2.05) is 6.07 Å². The molecule has 3 rings (SSSR count). The number of carbonyl (C=O) groups is 1. The number of nitrogens with one attached hydrogen (secondary N) is 3. The molecule has 1 aromatic heterocycles. The van der Waals surface area contributed by atoms with Crippen molar-refractivity contribution in [1.29, 1.82) is 0 Å². The van der Waals surface area contributed by atoms with Crippen molar-refractivity contribution >= 4 is 17.9 Å². The van der Waals surface area contributed by atoms with Gasteiger partial charge in [-0.25, -0.2) is 9.48 Å². The number of hydrogen-bond acceptors (Lipinski definition) is 6. The lowest BCUT2D eigenvalue weighted by Gasteiger charge is -2.26. The molecule has 3 N–H and O–H groups in total. The number of likely N-dealkylation sites (tertiary alicyclic amines) is 1. The Labute approximate surface area is 171 Å². The normalized spacial score (nSPS) is 14.4. The highest BCUT2D eigenvalue weighted by atomic mass is 16.5. The quantitative estimate of drug-likeness (QED) is 0.559. The van der Waals surface area contributed by atoms with Gasteiger partial charge in [0.05, 0.1) is 6.61 Å². The Kier molecular flexibility index (Phi) is 7.69. The Morgan fingerprint density at radius 3 is 2.86 bits per heavy atom. The van der Waals surface area contributed by atoms with E-state index in [9.17, 15) is 4.79 Å². The molecule has 0 radical (unpaired) electrons. The number of hydrogen-bond donors (Lipinski definition) is 3. The number of aryl methyl sites for hydroxylation is 1. The van der Waals surface area contributed by atoms with Crippen molar-refractivity contribution in [2.24, 2.45) is 7.05 Å². The lowest BCUT2D eigenvalue weighted by molar-refractivity contribution is 0.220. The predicted octanol–water partition coefficient (Wildman–Crippen LogP) is 2.43. The van der Waals surface area contributed by atoms with Crippen LogP contribution in [-0.2, 0) is 13.6 Å². The molecule has 1 aromatic carbocycles. The molecule has 0 atom stereocenters. The molecule has 9 heteroatoms. The summed E-state index contributed by atoms with van der Waals surface area (Å²) in [4.78, 5) is 18.1. The molecule has 1 saturated heterocycles. The van der Waals surface area contributed by atoms with E-state index in [-0.39, 0.29) is 12.0 Å². The van der Waals surface area contributed by atoms with E-state index in [1.54, 1.807) is 18.8 Å². The summed E-state index contributed by atoms with van der Waals surface area (Å²) < 4.78 is 7.50. The summed E-state index contributed by atoms with van der Waals surface area (Å²) in [6.07, 6.45) is 4.78. The predicted molar refractivity (Wildman–Crippen MR) is 113 cm³/mol. The molecular formula is C20H31N7O2. The Bertz CT molecular complexity index is 787. The van der Waals surface area contributed by atoms with Gasteiger partial charge in [-0.2, -0.15) is 4.98 Å². The topological polar surface area (TPSA) is 96.3 Å². The number of aromatic nitrogens is 3. The van der Waals surface area contributed by atoms with Crippen LogP contribution in [0, 0.1) is 0 Å². The van der Waals surface area contributed by atoms with Crippen LogP contribution in [0.2, 0.25) is 0 Å². The van der Waals surface area contributed by atoms with Crippen molar-refractivity contribution in [2.75, 3.05) is 43.9 Å². The largest absolute Gasteiger partial charge is 0.494 e. The maximum absolute atomic E-state index is 11.3. The van der Waals surface area contributed by atoms with Crippen LogP contribution in [0.4, 0.5) is 16.7 Å². The highest BCUT2D eigenvalue weighted by Gasteiger charge is 2.11. The molecule has 0 saturated carbocycles. The van der Waals surface area contributed by atoms with Crippen molar-refractivity contribution < 1.29 is 9.53 Å². The van der Waals surface area contributed by atoms with Crippen LogP contribution in [0.25, 0.3) is 0 Å². The van der Waals surface area contributed by atoms with E-state index in [1.165, 1.54) is 37.9 Å². The molecule has 2 heterocycles. The first-order valence-electron chi connectivity index (χ1n) is 10.2. The van der Waals surface area contributed by atoms with Crippen LogP contribution < -0.4 is 20.7 Å². The SMILES string of the molecule is CNC(=O)Nc1nc(NCCCOc2cccc(CN3CCCCC3)c2)n(C)n1. The number of urea groups is 1. The molecule has 2 amide bonds. The number of carbonyl (C=O) groups excluding carboxylic acids is 1. The molecule has 1 fully saturated rings. The molecule has 1 aliphatic rings. The van der Waals surface area contributed by atoms with Gasteiger partial charge in [0, 0.05) is 27.2 Å². The summed E-state index contributed by atoms with van der Waals surface area (Å²) in [6, 6.07) is 8.03. The third-order valence-corrected chi connectivity index (χ3v) is 4.84. The smallest absolute Gasteiger partial charge is 0.321 e. The first-order chi connectivity index (χ1) is 14.1. The van der Waals surface area contributed by atoms with Crippen LogP contribution in [0.15, 0.2) is 24.3 Å². The van der Waals surface area contributed by atoms with Gasteiger partial charge in [0.2, 0.25) is 5.95 Å². The second-order valence-corrected chi connectivity index (χ2v) is 7.20. The maximum Gasteiger partial charge on any atom is 0.321 e. The van der Waals surface area contributed by atoms with Gasteiger partial charge in [0.25, 0.3) is 5.95 Å². The minimum atomic E-state index is -0.349. The molecule has 9 nitrogen and oxygen atoms in total. The average Bonchev–Trinajstić information content (AvgIpc) is 3.07. The van der Waals surface area contributed by atoms with E-state index in [2.05, 4.69) is 49.1 Å². The van der Waals surface area contributed by atoms with Gasteiger partial charge in [0.1, 0.15) is 5.75 Å². The van der Waals surface area contributed by atoms with Gasteiger partial charge >= 0.3 is 6.03 Å². The van der Waals surface area contributed by atoms with Crippen LogP contribution in [0.5, 0.6) is 5.75 Å². The molecule has 0 bridgehead atoms. The van der Waals surface area contributed by atoms with Crippen molar-refractivity contribution in [3.8, 4) is 5.75 Å². The molecule has 29 heavy (non-hydrogen) atoms. The van der Waals surface area contributed by atoms with E-state index in [0.717, 1.165) is 18.7 Å². The molecule has 1 aliphatic heterocycles. The Morgan fingerprint density at radius 1 is 1.24 bits per heavy atom. The fourth-order valence-corrected chi connectivity index (χ4v) is 3.33. The fraction of sp³-hybridized carbons (Fsp3) is 0.550. The van der Waals surface area contributed by atoms with E-state index < -0.39 is 0 Å². The molecule has 0 unspecified atom stereocenters. The zero-order valence-electron chi connectivity index (χ0n) is 17.3. The zero-order chi connectivity index (χ0) is 20.5. The average molecular weight is 402 g/mol. The minimum absolute atomic E-state index is 0.260. The lowest BCUT2D eigenvalue weighted by Crippen LogP contribution is -2.29. The maximum atomic E-state index is 11.3. The van der Waals surface area contributed by atoms with Crippen LogP contribution in [0.1, 0.15) is 31.2 Å². The summed E-state index contributed by atoms with van der Waals surface area (Å²) in [7, 11) is 3.31. The van der Waals surface area contributed by atoms with E-state index in [0.29, 0.717) is 19.1 Å². The highest BCUT2D eigenvalue weighted by molar-refractivity contribution is 5.87. The van der Waals surface area contributed by atoms with Crippen molar-refractivity contribution in [3.05, 3.63) is 29.8 Å². The Hall–Kier alpha value is -2.81. The van der Waals surface area contributed by atoms with Gasteiger partial charge in [-0.1, -0.05) is 18.6 Å². The number of benzene rings is 1. The number of ether oxygens (including phenoxy) is 1. The molecule has 0 spiro atoms. The van der Waals surface area contributed by atoms with Gasteiger partial charge in [-0.3, -0.25) is 10.2 Å². The number of nitrogens with zero attached hydrogens (tertiary/aromatic N) is 4. The lowest BCUT2D eigenvalue weighted by atomic mass is 10.1. The minimum Gasteiger partial charge on any atom is -0.494 e. The van der Waals surface area contributed by atoms with Crippen LogP contribution in [-0.4, -0.2) is 59.0 Å². The van der Waals surface area contributed by atoms with Crippen molar-refractivity contribution in [2.45, 2.75) is 32.2 Å². The molecule has 158 valence electrons. The summed E-state index contributed by atoms with van der Waals surface area (Å²) in [5.74, 6) is 1.77. The summed E-state index contributed by atoms with van der Waals surface area (Å²) in [6.45, 7) is 4.69. The second-order valence-electron chi connectivity index (χ2n) is 7.20. The summed E-state index contributed by atoms with van der Waals surface area (Å²) in [5.41, 5.74) is 1.30. The standard InChI is InChI=1S/C20H31N7O2/c1-21-20(28)24-18-23-19(26(2)25-18)22-10-7-13-29-17-9-6-8-16(14-17)15-27-11-4-3-5-12-27/h6,8-9,14H,3-5,7,10-13,15H2,1-2H3,(H3,21,22,23,24,25,28). The zero-order valence-corrected chi connectivity index (χ0v) is 17.3. The molecule has 0 aliphatic carbocycles. The summed E-state index contributed by atoms with van der Waals surface area (Å²) >= 11 is 0. The van der Waals surface area contributed by atoms with Crippen LogP contribution in [0.3, 0.4) is 0 Å². The fourth-order valence-electron chi connectivity index (χ4n) is 3.33. The van der Waals surface area contributed by atoms with Gasteiger partial charge in [-0.05, 0) is 50.0 Å². The van der Waals surface area contributed by atoms with Gasteiger partial charge in [0.15, 0.2) is 0 Å². The van der Waals surface area contributed by atoms with Crippen molar-refractivity contribution in [3.63, 3.8) is 0 Å². The Balaban J connectivity index is 1.38. The monoisotopic (exact) mass is 401 g/mol. The summed E-state index contributed by atoms with van der Waals surface area (Å²) in [5, 5.41) is 12.4. The van der Waals surface area contributed by atoms with Crippen molar-refractivity contribution in [1.82, 2.24) is 25.0 Å². The van der Waals surface area contributed by atoms with Gasteiger partial charge < -0.3 is 15.4 Å². The number of piperidine rings is 1. The second kappa shape index (κ2) is 10.7. The first kappa shape index (κ1) is 20.9. The highest BCUT2D eigenvalue weighted by Crippen LogP contribution is 2.18. The van der Waals surface area contributed by atoms with Crippen LogP contribution >= 0.6 is 0 Å². The number of rotatable bonds is 9. The number of anilines is 2. The Morgan fingerprint density at radius 2 is 2.07 bits per heavy atom. The first-order valence-corrected chi connectivity index (χ1v) is 10.2. The number of amides is 2. The molecular weight excluding hydrogens is 370 g/mol. The third-order valence-electron chi connectivity index (χ3n) is 4.84. The van der Waals surface area contributed by atoms with E-state index >= 15 is 0 Å².